The predicted molar refractivity (Wildman–Crippen MR) is 38.0 cm³/mol. The first-order chi connectivity index (χ1) is 6.07. The van der Waals surface area contributed by atoms with Crippen molar-refractivity contribution < 1.29 is 13.2 Å². The molecule has 0 aromatic carbocycles. The molecular formula is C7H4F3N3. The van der Waals surface area contributed by atoms with Crippen LogP contribution >= 0.6 is 0 Å². The zero-order valence-electron chi connectivity index (χ0n) is 6.28. The van der Waals surface area contributed by atoms with Crippen LogP contribution in [0, 0.1) is 0 Å². The quantitative estimate of drug-likeness (QED) is 0.628. The molecule has 0 bridgehead atoms. The van der Waals surface area contributed by atoms with Crippen molar-refractivity contribution in [2.45, 2.75) is 6.18 Å². The van der Waals surface area contributed by atoms with Crippen LogP contribution in [-0.2, 0) is 6.18 Å². The van der Waals surface area contributed by atoms with E-state index in [4.69, 9.17) is 0 Å². The fourth-order valence-electron chi connectivity index (χ4n) is 0.965. The second kappa shape index (κ2) is 2.45. The molecule has 68 valence electrons. The number of alkyl halides is 3. The Morgan fingerprint density at radius 3 is 2.77 bits per heavy atom. The summed E-state index contributed by atoms with van der Waals surface area (Å²) in [5.74, 6) is 0. The smallest absolute Gasteiger partial charge is 0.236 e. The van der Waals surface area contributed by atoms with Crippen LogP contribution in [0.25, 0.3) is 5.65 Å². The molecule has 13 heavy (non-hydrogen) atoms. The molecule has 0 saturated heterocycles. The Bertz CT molecular complexity index is 432. The summed E-state index contributed by atoms with van der Waals surface area (Å²) in [4.78, 5) is 3.69. The van der Waals surface area contributed by atoms with E-state index in [0.717, 1.165) is 12.3 Å². The number of aromatic nitrogens is 3. The average molecular weight is 187 g/mol. The van der Waals surface area contributed by atoms with Crippen molar-refractivity contribution >= 4 is 5.65 Å². The molecule has 0 aliphatic carbocycles. The van der Waals surface area contributed by atoms with Gasteiger partial charge >= 0.3 is 6.18 Å². The van der Waals surface area contributed by atoms with Crippen LogP contribution in [0.4, 0.5) is 13.2 Å². The summed E-state index contributed by atoms with van der Waals surface area (Å²) in [6.07, 6.45) is -0.715. The minimum absolute atomic E-state index is 0.190. The fourth-order valence-corrected chi connectivity index (χ4v) is 0.965. The lowest BCUT2D eigenvalue weighted by Crippen LogP contribution is -2.06. The molecule has 2 aromatic heterocycles. The molecule has 2 aromatic rings. The van der Waals surface area contributed by atoms with E-state index in [1.54, 1.807) is 0 Å². The lowest BCUT2D eigenvalue weighted by molar-refractivity contribution is -0.137. The first-order valence-electron chi connectivity index (χ1n) is 3.44. The van der Waals surface area contributed by atoms with Crippen LogP contribution in [0.1, 0.15) is 5.56 Å². The van der Waals surface area contributed by atoms with Gasteiger partial charge in [-0.25, -0.2) is 9.50 Å². The summed E-state index contributed by atoms with van der Waals surface area (Å²) in [6.45, 7) is 0. The molecule has 0 saturated carbocycles. The lowest BCUT2D eigenvalue weighted by Gasteiger charge is -2.04. The topological polar surface area (TPSA) is 30.2 Å². The SMILES string of the molecule is FC(F)(F)c1cnn2ccnc2c1. The van der Waals surface area contributed by atoms with Gasteiger partial charge in [0.15, 0.2) is 5.65 Å². The van der Waals surface area contributed by atoms with Crippen molar-refractivity contribution in [1.82, 2.24) is 14.6 Å². The lowest BCUT2D eigenvalue weighted by atomic mass is 10.3. The Morgan fingerprint density at radius 2 is 2.08 bits per heavy atom. The number of fused-ring (bicyclic) bond motifs is 1. The third kappa shape index (κ3) is 1.34. The molecule has 0 unspecified atom stereocenters. The van der Waals surface area contributed by atoms with Crippen molar-refractivity contribution in [2.24, 2.45) is 0 Å². The molecule has 2 heterocycles. The second-order valence-corrected chi connectivity index (χ2v) is 2.47. The zero-order valence-corrected chi connectivity index (χ0v) is 6.28. The second-order valence-electron chi connectivity index (χ2n) is 2.47. The van der Waals surface area contributed by atoms with E-state index in [1.807, 2.05) is 0 Å². The summed E-state index contributed by atoms with van der Waals surface area (Å²) in [7, 11) is 0. The van der Waals surface area contributed by atoms with Gasteiger partial charge in [0.25, 0.3) is 0 Å². The summed E-state index contributed by atoms with van der Waals surface area (Å²) in [5.41, 5.74) is -0.596. The van der Waals surface area contributed by atoms with Gasteiger partial charge in [-0.2, -0.15) is 18.3 Å². The molecule has 0 fully saturated rings. The number of hydrogen-bond donors (Lipinski definition) is 0. The third-order valence-corrected chi connectivity index (χ3v) is 1.58. The Labute approximate surface area is 70.8 Å². The monoisotopic (exact) mass is 187 g/mol. The molecule has 0 spiro atoms. The van der Waals surface area contributed by atoms with E-state index in [-0.39, 0.29) is 5.65 Å². The molecule has 0 radical (unpaired) electrons. The molecule has 0 aliphatic heterocycles. The largest absolute Gasteiger partial charge is 0.418 e. The first-order valence-corrected chi connectivity index (χ1v) is 3.44. The van der Waals surface area contributed by atoms with E-state index in [2.05, 4.69) is 10.1 Å². The summed E-state index contributed by atoms with van der Waals surface area (Å²) < 4.78 is 37.7. The van der Waals surface area contributed by atoms with E-state index in [9.17, 15) is 13.2 Å². The highest BCUT2D eigenvalue weighted by Crippen LogP contribution is 2.28. The van der Waals surface area contributed by atoms with Gasteiger partial charge in [-0.3, -0.25) is 0 Å². The number of imidazole rings is 1. The van der Waals surface area contributed by atoms with Crippen LogP contribution in [0.15, 0.2) is 24.7 Å². The van der Waals surface area contributed by atoms with Crippen molar-refractivity contribution in [2.75, 3.05) is 0 Å². The minimum Gasteiger partial charge on any atom is -0.236 e. The van der Waals surface area contributed by atoms with E-state index < -0.39 is 11.7 Å². The van der Waals surface area contributed by atoms with Gasteiger partial charge in [0.1, 0.15) is 0 Å². The van der Waals surface area contributed by atoms with E-state index in [0.29, 0.717) is 0 Å². The highest BCUT2D eigenvalue weighted by Gasteiger charge is 2.31. The standard InChI is InChI=1S/C7H4F3N3/c8-7(9,10)5-3-6-11-1-2-13(6)12-4-5/h1-4H. The minimum atomic E-state index is -4.36. The molecular weight excluding hydrogens is 183 g/mol. The Balaban J connectivity index is 2.61. The molecule has 3 nitrogen and oxygen atoms in total. The molecule has 0 atom stereocenters. The van der Waals surface area contributed by atoms with Crippen molar-refractivity contribution in [3.05, 3.63) is 30.2 Å². The highest BCUT2D eigenvalue weighted by atomic mass is 19.4. The van der Waals surface area contributed by atoms with Crippen LogP contribution in [0.3, 0.4) is 0 Å². The molecule has 0 N–H and O–H groups in total. The number of nitrogens with zero attached hydrogens (tertiary/aromatic N) is 3. The van der Waals surface area contributed by atoms with Crippen molar-refractivity contribution in [3.8, 4) is 0 Å². The first kappa shape index (κ1) is 8.03. The fraction of sp³-hybridized carbons (Fsp3) is 0.143. The van der Waals surface area contributed by atoms with Gasteiger partial charge < -0.3 is 0 Å². The number of hydrogen-bond acceptors (Lipinski definition) is 2. The Hall–Kier alpha value is -1.59. The Kier molecular flexibility index (Phi) is 1.51. The predicted octanol–water partition coefficient (Wildman–Crippen LogP) is 1.75. The van der Waals surface area contributed by atoms with Gasteiger partial charge in [0.05, 0.1) is 11.8 Å². The molecule has 2 rings (SSSR count). The normalized spacial score (nSPS) is 12.2. The van der Waals surface area contributed by atoms with Crippen LogP contribution < -0.4 is 0 Å². The summed E-state index contributed by atoms with van der Waals surface area (Å²) >= 11 is 0. The van der Waals surface area contributed by atoms with Gasteiger partial charge in [0.2, 0.25) is 0 Å². The maximum absolute atomic E-state index is 12.1. The van der Waals surface area contributed by atoms with Crippen molar-refractivity contribution in [1.29, 1.82) is 0 Å². The highest BCUT2D eigenvalue weighted by molar-refractivity contribution is 5.39. The van der Waals surface area contributed by atoms with Gasteiger partial charge in [-0.1, -0.05) is 0 Å². The van der Waals surface area contributed by atoms with Crippen LogP contribution in [0.5, 0.6) is 0 Å². The van der Waals surface area contributed by atoms with Crippen molar-refractivity contribution in [3.63, 3.8) is 0 Å². The number of rotatable bonds is 0. The molecule has 0 aliphatic rings. The van der Waals surface area contributed by atoms with Gasteiger partial charge in [-0.05, 0) is 6.07 Å². The molecule has 0 amide bonds. The Morgan fingerprint density at radius 1 is 1.31 bits per heavy atom. The molecule has 6 heteroatoms. The average Bonchev–Trinajstić information content (AvgIpc) is 2.47. The van der Waals surface area contributed by atoms with Gasteiger partial charge in [0, 0.05) is 12.4 Å². The summed E-state index contributed by atoms with van der Waals surface area (Å²) in [5, 5.41) is 3.54. The van der Waals surface area contributed by atoms with Crippen LogP contribution in [0.2, 0.25) is 0 Å². The summed E-state index contributed by atoms with van der Waals surface area (Å²) in [6, 6.07) is 0.951. The van der Waals surface area contributed by atoms with Gasteiger partial charge in [-0.15, -0.1) is 0 Å². The van der Waals surface area contributed by atoms with E-state index >= 15 is 0 Å². The maximum Gasteiger partial charge on any atom is 0.418 e. The zero-order chi connectivity index (χ0) is 9.47. The number of halogens is 3. The third-order valence-electron chi connectivity index (χ3n) is 1.58. The van der Waals surface area contributed by atoms with E-state index in [1.165, 1.54) is 16.9 Å². The van der Waals surface area contributed by atoms with Crippen LogP contribution in [-0.4, -0.2) is 14.6 Å². The maximum atomic E-state index is 12.1.